The molecule has 2 N–H and O–H groups in total. The second kappa shape index (κ2) is 14.0. The summed E-state index contributed by atoms with van der Waals surface area (Å²) < 4.78 is 30.3. The van der Waals surface area contributed by atoms with E-state index in [0.29, 0.717) is 34.8 Å². The van der Waals surface area contributed by atoms with Gasteiger partial charge in [0.25, 0.3) is 5.91 Å². The lowest BCUT2D eigenvalue weighted by molar-refractivity contribution is -0.119. The molecule has 0 saturated carbocycles. The first-order valence-corrected chi connectivity index (χ1v) is 17.2. The highest BCUT2D eigenvalue weighted by molar-refractivity contribution is 7.87. The van der Waals surface area contributed by atoms with Gasteiger partial charge >= 0.3 is 16.1 Å². The third-order valence-corrected chi connectivity index (χ3v) is 9.88. The first-order valence-electron chi connectivity index (χ1n) is 15.8. The second-order valence-electron chi connectivity index (χ2n) is 12.2. The van der Waals surface area contributed by atoms with E-state index in [1.54, 1.807) is 30.1 Å². The Bertz CT molecular complexity index is 2020. The number of anilines is 3. The lowest BCUT2D eigenvalue weighted by Crippen LogP contribution is -2.48. The summed E-state index contributed by atoms with van der Waals surface area (Å²) in [5.41, 5.74) is 4.75. The summed E-state index contributed by atoms with van der Waals surface area (Å²) in [6.07, 6.45) is 0. The zero-order chi connectivity index (χ0) is 34.7. The number of carbonyl (C=O) groups excluding carboxylic acids is 3. The van der Waals surface area contributed by atoms with Crippen LogP contribution in [0, 0.1) is 6.92 Å². The van der Waals surface area contributed by atoms with Crippen molar-refractivity contribution in [2.24, 2.45) is 0 Å². The minimum Gasteiger partial charge on any atom is -0.354 e. The number of hydrogen-bond donors (Lipinski definition) is 2. The third kappa shape index (κ3) is 7.56. The molecule has 4 aromatic carbocycles. The van der Waals surface area contributed by atoms with E-state index >= 15 is 0 Å². The first kappa shape index (κ1) is 33.6. The molecule has 1 saturated heterocycles. The molecule has 0 atom stereocenters. The van der Waals surface area contributed by atoms with E-state index in [4.69, 9.17) is 4.18 Å². The fourth-order valence-corrected chi connectivity index (χ4v) is 6.55. The molecule has 2 heterocycles. The van der Waals surface area contributed by atoms with Crippen LogP contribution in [0.4, 0.5) is 17.1 Å². The number of amides is 2. The molecular weight excluding hydrogens is 643 g/mol. The molecule has 49 heavy (non-hydrogen) atoms. The number of nitrogens with zero attached hydrogens (tertiary/aromatic N) is 3. The molecule has 12 heteroatoms. The fourth-order valence-electron chi connectivity index (χ4n) is 5.69. The zero-order valence-electron chi connectivity index (χ0n) is 27.5. The quantitative estimate of drug-likeness (QED) is 0.191. The van der Waals surface area contributed by atoms with Gasteiger partial charge in [-0.3, -0.25) is 14.5 Å². The van der Waals surface area contributed by atoms with Crippen molar-refractivity contribution >= 4 is 56.2 Å². The first-order chi connectivity index (χ1) is 23.5. The monoisotopic (exact) mass is 679 g/mol. The molecule has 2 aliphatic rings. The molecule has 0 aliphatic carbocycles. The third-order valence-electron chi connectivity index (χ3n) is 8.66. The van der Waals surface area contributed by atoms with Gasteiger partial charge in [0.2, 0.25) is 5.91 Å². The number of likely N-dealkylation sites (N-methyl/N-ethyl adjacent to an activating group) is 2. The van der Waals surface area contributed by atoms with Gasteiger partial charge in [-0.05, 0) is 68.1 Å². The Kier molecular flexibility index (Phi) is 9.63. The van der Waals surface area contributed by atoms with Crippen LogP contribution in [0.5, 0.6) is 0 Å². The van der Waals surface area contributed by atoms with E-state index in [1.807, 2.05) is 61.5 Å². The smallest absolute Gasteiger partial charge is 0.354 e. The van der Waals surface area contributed by atoms with Crippen molar-refractivity contribution in [1.29, 1.82) is 0 Å². The molecule has 1 fully saturated rings. The molecule has 6 rings (SSSR count). The number of benzene rings is 4. The highest BCUT2D eigenvalue weighted by atomic mass is 32.2. The highest BCUT2D eigenvalue weighted by Gasteiger charge is 2.30. The highest BCUT2D eigenvalue weighted by Crippen LogP contribution is 2.38. The van der Waals surface area contributed by atoms with E-state index in [2.05, 4.69) is 27.5 Å². The summed E-state index contributed by atoms with van der Waals surface area (Å²) in [4.78, 5) is 45.4. The van der Waals surface area contributed by atoms with Crippen LogP contribution in [-0.2, 0) is 23.9 Å². The minimum absolute atomic E-state index is 0.00703. The molecule has 0 bridgehead atoms. The van der Waals surface area contributed by atoms with E-state index in [1.165, 1.54) is 24.3 Å². The van der Waals surface area contributed by atoms with Crippen molar-refractivity contribution in [1.82, 2.24) is 9.80 Å². The summed E-state index contributed by atoms with van der Waals surface area (Å²) in [5, 5.41) is 6.20. The number of aryl methyl sites for hydroxylation is 1. The summed E-state index contributed by atoms with van der Waals surface area (Å²) in [7, 11) is -0.503. The van der Waals surface area contributed by atoms with Gasteiger partial charge < -0.3 is 24.6 Å². The van der Waals surface area contributed by atoms with Crippen LogP contribution < -0.4 is 15.5 Å². The van der Waals surface area contributed by atoms with Gasteiger partial charge in [-0.2, -0.15) is 8.42 Å². The van der Waals surface area contributed by atoms with E-state index in [9.17, 15) is 22.8 Å². The Morgan fingerprint density at radius 3 is 2.22 bits per heavy atom. The van der Waals surface area contributed by atoms with Gasteiger partial charge in [0.15, 0.2) is 0 Å². The average Bonchev–Trinajstić information content (AvgIpc) is 3.43. The van der Waals surface area contributed by atoms with E-state index in [0.717, 1.165) is 43.0 Å². The predicted octanol–water partition coefficient (Wildman–Crippen LogP) is 4.68. The van der Waals surface area contributed by atoms with Gasteiger partial charge in [0, 0.05) is 50.2 Å². The Morgan fingerprint density at radius 1 is 0.878 bits per heavy atom. The normalized spacial score (nSPS) is 16.0. The molecule has 11 nitrogen and oxygen atoms in total. The molecular formula is C37H37N5O6S. The van der Waals surface area contributed by atoms with Gasteiger partial charge in [-0.15, -0.1) is 0 Å². The number of piperazine rings is 1. The van der Waals surface area contributed by atoms with Crippen LogP contribution in [0.3, 0.4) is 0 Å². The van der Waals surface area contributed by atoms with Crippen molar-refractivity contribution in [2.75, 3.05) is 62.4 Å². The maximum atomic E-state index is 13.5. The van der Waals surface area contributed by atoms with Crippen LogP contribution in [0.15, 0.2) is 102 Å². The van der Waals surface area contributed by atoms with Crippen LogP contribution in [0.1, 0.15) is 27.0 Å². The van der Waals surface area contributed by atoms with Crippen LogP contribution in [-0.4, -0.2) is 82.8 Å². The lowest BCUT2D eigenvalue weighted by atomic mass is 9.99. The Labute approximate surface area is 285 Å². The Balaban J connectivity index is 1.23. The van der Waals surface area contributed by atoms with Crippen LogP contribution in [0.25, 0.3) is 11.3 Å². The molecule has 4 aromatic rings. The standard InChI is InChI=1S/C37H37N5O6S/c1-25-9-16-30(17-10-25)49(46,47)48-37(45)27-11-18-31-32(23-27)39-36(44)34(31)35(26-7-5-4-6-8-26)38-28-12-14-29(15-13-28)41(3)33(43)24-42-21-19-40(2)20-22-42/h4-18,23,38H,19-22,24H2,1-3H3,(H,39,44)/b35-34-. The van der Waals surface area contributed by atoms with Crippen molar-refractivity contribution in [3.05, 3.63) is 119 Å². The number of hydrogen-bond acceptors (Lipinski definition) is 9. The molecule has 0 spiro atoms. The molecule has 2 amide bonds. The van der Waals surface area contributed by atoms with Gasteiger partial charge in [-0.1, -0.05) is 54.1 Å². The van der Waals surface area contributed by atoms with Gasteiger partial charge in [-0.25, -0.2) is 4.79 Å². The number of nitrogens with one attached hydrogen (secondary N) is 2. The minimum atomic E-state index is -4.35. The molecule has 2 aliphatic heterocycles. The topological polar surface area (TPSA) is 128 Å². The van der Waals surface area contributed by atoms with Crippen molar-refractivity contribution < 1.29 is 27.0 Å². The second-order valence-corrected chi connectivity index (χ2v) is 13.7. The zero-order valence-corrected chi connectivity index (χ0v) is 28.3. The predicted molar refractivity (Wildman–Crippen MR) is 190 cm³/mol. The summed E-state index contributed by atoms with van der Waals surface area (Å²) in [6, 6.07) is 27.1. The van der Waals surface area contributed by atoms with Gasteiger partial charge in [0.1, 0.15) is 4.90 Å². The van der Waals surface area contributed by atoms with Crippen LogP contribution in [0.2, 0.25) is 0 Å². The Morgan fingerprint density at radius 2 is 1.55 bits per heavy atom. The maximum absolute atomic E-state index is 13.5. The number of rotatable bonds is 9. The van der Waals surface area contributed by atoms with Gasteiger partial charge in [0.05, 0.1) is 29.1 Å². The molecule has 0 unspecified atom stereocenters. The van der Waals surface area contributed by atoms with Crippen molar-refractivity contribution in [2.45, 2.75) is 11.8 Å². The molecule has 252 valence electrons. The largest absolute Gasteiger partial charge is 0.354 e. The summed E-state index contributed by atoms with van der Waals surface area (Å²) >= 11 is 0. The van der Waals surface area contributed by atoms with E-state index < -0.39 is 22.0 Å². The summed E-state index contributed by atoms with van der Waals surface area (Å²) in [6.45, 7) is 5.75. The average molecular weight is 680 g/mol. The SMILES string of the molecule is Cc1ccc(S(=O)(=O)OC(=O)c2ccc3c(c2)NC(=O)/C3=C(\Nc2ccc(N(C)C(=O)CN3CCN(C)CC3)cc2)c2ccccc2)cc1. The molecule has 0 aromatic heterocycles. The Hall–Kier alpha value is -5.30. The number of carbonyl (C=O) groups is 3. The van der Waals surface area contributed by atoms with Crippen molar-refractivity contribution in [3.63, 3.8) is 0 Å². The number of fused-ring (bicyclic) bond motifs is 1. The van der Waals surface area contributed by atoms with E-state index in [-0.39, 0.29) is 16.4 Å². The lowest BCUT2D eigenvalue weighted by Gasteiger charge is -2.32. The van der Waals surface area contributed by atoms with Crippen molar-refractivity contribution in [3.8, 4) is 0 Å². The maximum Gasteiger partial charge on any atom is 0.354 e. The molecule has 0 radical (unpaired) electrons. The fraction of sp³-hybridized carbons (Fsp3) is 0.216. The van der Waals surface area contributed by atoms with Crippen LogP contribution >= 0.6 is 0 Å². The summed E-state index contributed by atoms with van der Waals surface area (Å²) in [5.74, 6) is -1.46.